The molecule has 2 aromatic carbocycles. The largest absolute Gasteiger partial charge is 1.00 e. The number of carbonyl (C=O) groups is 1. The zero-order valence-corrected chi connectivity index (χ0v) is 16.7. The van der Waals surface area contributed by atoms with E-state index in [1.54, 1.807) is 0 Å². The van der Waals surface area contributed by atoms with Crippen molar-refractivity contribution in [3.63, 3.8) is 0 Å². The van der Waals surface area contributed by atoms with Crippen molar-refractivity contribution in [1.82, 2.24) is 0 Å². The topological polar surface area (TPSA) is 29.1 Å². The Labute approximate surface area is 173 Å². The summed E-state index contributed by atoms with van der Waals surface area (Å²) >= 11 is 0. The first kappa shape index (κ1) is 26.5. The molecule has 0 unspecified atom stereocenters. The minimum atomic E-state index is -0.271. The molecule has 0 aliphatic rings. The van der Waals surface area contributed by atoms with Crippen LogP contribution < -0.4 is 24.2 Å². The van der Waals surface area contributed by atoms with Crippen LogP contribution in [-0.4, -0.2) is 5.91 Å². The van der Waals surface area contributed by atoms with Gasteiger partial charge in [0.2, 0.25) is 0 Å². The fraction of sp³-hybridized carbons (Fsp3) is 0.261. The van der Waals surface area contributed by atoms with Gasteiger partial charge in [-0.2, -0.15) is 37.5 Å². The summed E-state index contributed by atoms with van der Waals surface area (Å²) in [5.41, 5.74) is 4.07. The normalized spacial score (nSPS) is 8.77. The van der Waals surface area contributed by atoms with E-state index in [1.165, 1.54) is 12.8 Å². The maximum atomic E-state index is 10.7. The molecule has 0 bridgehead atoms. The standard InChI is InChI=1S/C10H12NO.C7H7.C6H12.Li/c1-7-5-4-6-8(2)10(7)11-9(3)12;1-7-5-3-2-4-6-7;1-3-5-6-4-2;/h4-6H,3H2,1-2H3,(H,11,12);2-6H,1H2;1-6H2;/q2*-1;-2;+1. The van der Waals surface area contributed by atoms with Crippen molar-refractivity contribution in [3.05, 3.63) is 92.9 Å². The van der Waals surface area contributed by atoms with Crippen LogP contribution in [0.15, 0.2) is 48.5 Å². The average molecular weight is 344 g/mol. The van der Waals surface area contributed by atoms with Gasteiger partial charge in [-0.15, -0.1) is 12.1 Å². The summed E-state index contributed by atoms with van der Waals surface area (Å²) in [7, 11) is 0. The van der Waals surface area contributed by atoms with Crippen molar-refractivity contribution >= 4 is 11.6 Å². The van der Waals surface area contributed by atoms with E-state index in [2.05, 4.69) is 33.0 Å². The third-order valence-electron chi connectivity index (χ3n) is 3.34. The minimum absolute atomic E-state index is 0. The van der Waals surface area contributed by atoms with E-state index in [0.29, 0.717) is 0 Å². The van der Waals surface area contributed by atoms with Crippen LogP contribution in [0, 0.1) is 41.5 Å². The SMILES string of the molecule is [CH2-]C(=O)Nc1c(C)cccc1C.[CH2-]CCCC[CH2-].[CH2-]c1ccccc1.[Li+]. The third-order valence-corrected chi connectivity index (χ3v) is 3.34. The molecule has 1 N–H and O–H groups in total. The Morgan fingerprint density at radius 1 is 0.885 bits per heavy atom. The number of nitrogens with one attached hydrogen (secondary N) is 1. The second-order valence-electron chi connectivity index (χ2n) is 5.71. The van der Waals surface area contributed by atoms with Crippen molar-refractivity contribution in [2.24, 2.45) is 0 Å². The quantitative estimate of drug-likeness (QED) is 0.515. The molecule has 0 radical (unpaired) electrons. The summed E-state index contributed by atoms with van der Waals surface area (Å²) < 4.78 is 0. The predicted octanol–water partition coefficient (Wildman–Crippen LogP) is 3.16. The molecule has 0 atom stereocenters. The summed E-state index contributed by atoms with van der Waals surface area (Å²) in [5, 5.41) is 2.69. The van der Waals surface area contributed by atoms with Crippen molar-refractivity contribution in [2.45, 2.75) is 39.5 Å². The number of benzene rings is 2. The third kappa shape index (κ3) is 13.5. The van der Waals surface area contributed by atoms with Crippen molar-refractivity contribution in [3.8, 4) is 0 Å². The summed E-state index contributed by atoms with van der Waals surface area (Å²) in [6.45, 7) is 18.3. The molecule has 3 heteroatoms. The Kier molecular flexibility index (Phi) is 17.0. The number of aryl methyl sites for hydroxylation is 2. The number of hydrogen-bond acceptors (Lipinski definition) is 1. The molecule has 0 aliphatic carbocycles. The van der Waals surface area contributed by atoms with Gasteiger partial charge in [-0.25, -0.2) is 0 Å². The van der Waals surface area contributed by atoms with Gasteiger partial charge in [0.15, 0.2) is 0 Å². The van der Waals surface area contributed by atoms with Crippen LogP contribution >= 0.6 is 0 Å². The molecular formula is C23H31LiNO-3. The summed E-state index contributed by atoms with van der Waals surface area (Å²) in [5.74, 6) is -0.271. The second kappa shape index (κ2) is 16.7. The van der Waals surface area contributed by atoms with Gasteiger partial charge in [-0.3, -0.25) is 0 Å². The van der Waals surface area contributed by atoms with Gasteiger partial charge in [-0.1, -0.05) is 37.1 Å². The van der Waals surface area contributed by atoms with E-state index >= 15 is 0 Å². The number of hydrogen-bond donors (Lipinski definition) is 1. The monoisotopic (exact) mass is 344 g/mol. The fourth-order valence-corrected chi connectivity index (χ4v) is 1.98. The van der Waals surface area contributed by atoms with E-state index in [9.17, 15) is 4.79 Å². The van der Waals surface area contributed by atoms with Crippen LogP contribution in [0.4, 0.5) is 5.69 Å². The van der Waals surface area contributed by atoms with Crippen molar-refractivity contribution < 1.29 is 23.7 Å². The van der Waals surface area contributed by atoms with Crippen LogP contribution in [-0.2, 0) is 4.79 Å². The number of unbranched alkanes of at least 4 members (excludes halogenated alkanes) is 3. The fourth-order valence-electron chi connectivity index (χ4n) is 1.98. The Balaban J connectivity index is 0. The van der Waals surface area contributed by atoms with E-state index in [0.717, 1.165) is 35.2 Å². The number of rotatable bonds is 4. The summed E-state index contributed by atoms with van der Waals surface area (Å²) in [6, 6.07) is 15.7. The maximum Gasteiger partial charge on any atom is 1.00 e. The van der Waals surface area contributed by atoms with Gasteiger partial charge in [-0.05, 0) is 25.0 Å². The van der Waals surface area contributed by atoms with Gasteiger partial charge in [0, 0.05) is 5.69 Å². The van der Waals surface area contributed by atoms with Crippen LogP contribution in [0.5, 0.6) is 0 Å². The van der Waals surface area contributed by atoms with Crippen LogP contribution in [0.3, 0.4) is 0 Å². The van der Waals surface area contributed by atoms with Crippen molar-refractivity contribution in [1.29, 1.82) is 0 Å². The molecule has 2 aromatic rings. The predicted molar refractivity (Wildman–Crippen MR) is 110 cm³/mol. The summed E-state index contributed by atoms with van der Waals surface area (Å²) in [4.78, 5) is 10.7. The molecule has 0 spiro atoms. The van der Waals surface area contributed by atoms with Gasteiger partial charge < -0.3 is 30.9 Å². The molecule has 0 fully saturated rings. The van der Waals surface area contributed by atoms with Crippen LogP contribution in [0.2, 0.25) is 0 Å². The minimum Gasteiger partial charge on any atom is -0.351 e. The zero-order valence-electron chi connectivity index (χ0n) is 16.7. The Bertz CT molecular complexity index is 572. The first-order valence-electron chi connectivity index (χ1n) is 8.57. The molecule has 26 heavy (non-hydrogen) atoms. The first-order valence-corrected chi connectivity index (χ1v) is 8.57. The molecular weight excluding hydrogens is 313 g/mol. The maximum absolute atomic E-state index is 10.7. The van der Waals surface area contributed by atoms with Gasteiger partial charge in [0.25, 0.3) is 0 Å². The summed E-state index contributed by atoms with van der Waals surface area (Å²) in [6.07, 6.45) is 4.61. The number of carbonyl (C=O) groups excluding carboxylic acids is 1. The van der Waals surface area contributed by atoms with E-state index in [4.69, 9.17) is 0 Å². The number of anilines is 1. The van der Waals surface area contributed by atoms with E-state index in [1.807, 2.05) is 62.4 Å². The van der Waals surface area contributed by atoms with Crippen LogP contribution in [0.25, 0.3) is 0 Å². The Hall–Kier alpha value is -1.75. The molecule has 1 amide bonds. The molecule has 0 aromatic heterocycles. The molecule has 0 aliphatic heterocycles. The average Bonchev–Trinajstić information content (AvgIpc) is 2.58. The van der Waals surface area contributed by atoms with Crippen molar-refractivity contribution in [2.75, 3.05) is 5.32 Å². The molecule has 0 heterocycles. The van der Waals surface area contributed by atoms with Crippen LogP contribution in [0.1, 0.15) is 42.4 Å². The zero-order chi connectivity index (χ0) is 19.1. The number of para-hydroxylation sites is 1. The Morgan fingerprint density at radius 3 is 1.65 bits per heavy atom. The first-order chi connectivity index (χ1) is 11.9. The molecule has 0 saturated heterocycles. The van der Waals surface area contributed by atoms with E-state index in [-0.39, 0.29) is 24.8 Å². The van der Waals surface area contributed by atoms with E-state index < -0.39 is 0 Å². The number of amides is 1. The molecule has 138 valence electrons. The molecule has 2 rings (SSSR count). The molecule has 0 saturated carbocycles. The smallest absolute Gasteiger partial charge is 0.351 e. The molecule has 2 nitrogen and oxygen atoms in total. The van der Waals surface area contributed by atoms with Gasteiger partial charge >= 0.3 is 18.9 Å². The Morgan fingerprint density at radius 2 is 1.35 bits per heavy atom. The van der Waals surface area contributed by atoms with Gasteiger partial charge in [0.1, 0.15) is 0 Å². The second-order valence-corrected chi connectivity index (χ2v) is 5.71. The van der Waals surface area contributed by atoms with Gasteiger partial charge in [0.05, 0.1) is 5.91 Å².